The van der Waals surface area contributed by atoms with Crippen molar-refractivity contribution in [3.05, 3.63) is 0 Å². The highest BCUT2D eigenvalue weighted by molar-refractivity contribution is 7.96. The summed E-state index contributed by atoms with van der Waals surface area (Å²) in [5, 5.41) is 0. The van der Waals surface area contributed by atoms with E-state index in [0.29, 0.717) is 18.0 Å². The molecule has 19 heavy (non-hydrogen) atoms. The molecule has 2 rings (SSSR count). The van der Waals surface area contributed by atoms with Gasteiger partial charge >= 0.3 is 0 Å². The number of rotatable bonds is 4. The standard InChI is InChI=1S/C16H30NOS/c1-19(2)13-16(18)17(14-9-5-3-6-10-14)15-11-7-4-8-12-15/h14-15H,3-13H2,1-2H3/q+1. The van der Waals surface area contributed by atoms with E-state index in [1.165, 1.54) is 64.2 Å². The van der Waals surface area contributed by atoms with Crippen LogP contribution in [0.1, 0.15) is 64.2 Å². The van der Waals surface area contributed by atoms with Crippen molar-refractivity contribution in [2.24, 2.45) is 0 Å². The number of amides is 1. The Morgan fingerprint density at radius 2 is 1.32 bits per heavy atom. The Morgan fingerprint density at radius 3 is 1.68 bits per heavy atom. The van der Waals surface area contributed by atoms with E-state index in [9.17, 15) is 4.79 Å². The topological polar surface area (TPSA) is 20.3 Å². The zero-order valence-electron chi connectivity index (χ0n) is 12.7. The first-order valence-corrected chi connectivity index (χ1v) is 10.2. The highest BCUT2D eigenvalue weighted by Crippen LogP contribution is 2.30. The van der Waals surface area contributed by atoms with Crippen molar-refractivity contribution in [1.29, 1.82) is 0 Å². The van der Waals surface area contributed by atoms with E-state index in [4.69, 9.17) is 0 Å². The largest absolute Gasteiger partial charge is 0.333 e. The second-order valence-electron chi connectivity index (χ2n) is 6.51. The number of hydrogen-bond donors (Lipinski definition) is 0. The third-order valence-electron chi connectivity index (χ3n) is 4.64. The minimum Gasteiger partial charge on any atom is -0.333 e. The van der Waals surface area contributed by atoms with Gasteiger partial charge in [-0.25, -0.2) is 0 Å². The van der Waals surface area contributed by atoms with E-state index in [1.54, 1.807) is 0 Å². The number of carbonyl (C=O) groups is 1. The van der Waals surface area contributed by atoms with Crippen LogP contribution in [0.25, 0.3) is 0 Å². The van der Waals surface area contributed by atoms with E-state index in [-0.39, 0.29) is 10.9 Å². The van der Waals surface area contributed by atoms with E-state index < -0.39 is 0 Å². The molecule has 0 aliphatic heterocycles. The van der Waals surface area contributed by atoms with Gasteiger partial charge in [0.15, 0.2) is 5.75 Å². The Labute approximate surface area is 121 Å². The molecule has 0 aromatic carbocycles. The molecule has 2 fully saturated rings. The third-order valence-corrected chi connectivity index (χ3v) is 5.46. The van der Waals surface area contributed by atoms with Crippen LogP contribution in [-0.2, 0) is 15.7 Å². The van der Waals surface area contributed by atoms with Crippen LogP contribution in [0.5, 0.6) is 0 Å². The van der Waals surface area contributed by atoms with Crippen LogP contribution >= 0.6 is 0 Å². The van der Waals surface area contributed by atoms with Gasteiger partial charge in [0.05, 0.1) is 12.5 Å². The SMILES string of the molecule is C[S+](C)CC(=O)N(C1CCCCC1)C1CCCCC1. The Kier molecular flexibility index (Phi) is 6.06. The predicted octanol–water partition coefficient (Wildman–Crippen LogP) is 3.36. The fraction of sp³-hybridized carbons (Fsp3) is 0.938. The molecule has 1 amide bonds. The second-order valence-corrected chi connectivity index (χ2v) is 8.77. The van der Waals surface area contributed by atoms with Crippen LogP contribution < -0.4 is 0 Å². The molecule has 110 valence electrons. The van der Waals surface area contributed by atoms with Gasteiger partial charge in [-0.2, -0.15) is 0 Å². The molecule has 2 aliphatic rings. The number of carbonyl (C=O) groups excluding carboxylic acids is 1. The van der Waals surface area contributed by atoms with Crippen molar-refractivity contribution in [2.75, 3.05) is 18.3 Å². The van der Waals surface area contributed by atoms with E-state index in [0.717, 1.165) is 5.75 Å². The van der Waals surface area contributed by atoms with Crippen LogP contribution in [0.3, 0.4) is 0 Å². The maximum atomic E-state index is 12.7. The molecule has 2 saturated carbocycles. The highest BCUT2D eigenvalue weighted by Gasteiger charge is 2.33. The van der Waals surface area contributed by atoms with Crippen molar-refractivity contribution in [2.45, 2.75) is 76.3 Å². The maximum absolute atomic E-state index is 12.7. The summed E-state index contributed by atoms with van der Waals surface area (Å²) >= 11 is 0. The minimum atomic E-state index is 0.234. The lowest BCUT2D eigenvalue weighted by molar-refractivity contribution is -0.135. The van der Waals surface area contributed by atoms with Crippen LogP contribution in [-0.4, -0.2) is 41.2 Å². The highest BCUT2D eigenvalue weighted by atomic mass is 32.2. The number of nitrogens with zero attached hydrogens (tertiary/aromatic N) is 1. The average molecular weight is 284 g/mol. The molecule has 0 atom stereocenters. The van der Waals surface area contributed by atoms with Crippen molar-refractivity contribution < 1.29 is 4.79 Å². The molecule has 0 saturated heterocycles. The van der Waals surface area contributed by atoms with Gasteiger partial charge in [-0.15, -0.1) is 0 Å². The summed E-state index contributed by atoms with van der Waals surface area (Å²) in [4.78, 5) is 15.0. The molecule has 2 nitrogen and oxygen atoms in total. The van der Waals surface area contributed by atoms with E-state index >= 15 is 0 Å². The van der Waals surface area contributed by atoms with Crippen molar-refractivity contribution >= 4 is 16.8 Å². The average Bonchev–Trinajstić information content (AvgIpc) is 2.40. The normalized spacial score (nSPS) is 22.7. The molecule has 0 aromatic heterocycles. The second kappa shape index (κ2) is 7.56. The van der Waals surface area contributed by atoms with Crippen LogP contribution in [0.2, 0.25) is 0 Å². The molecule has 2 aliphatic carbocycles. The molecule has 0 heterocycles. The van der Waals surface area contributed by atoms with Gasteiger partial charge in [-0.05, 0) is 36.6 Å². The molecular formula is C16H30NOS+. The molecule has 3 heteroatoms. The Balaban J connectivity index is 2.04. The Hall–Kier alpha value is -0.180. The van der Waals surface area contributed by atoms with Gasteiger partial charge in [0.2, 0.25) is 0 Å². The van der Waals surface area contributed by atoms with Crippen LogP contribution in [0, 0.1) is 0 Å². The quantitative estimate of drug-likeness (QED) is 0.725. The van der Waals surface area contributed by atoms with Crippen molar-refractivity contribution in [1.82, 2.24) is 4.90 Å². The van der Waals surface area contributed by atoms with Crippen LogP contribution in [0.15, 0.2) is 0 Å². The first-order chi connectivity index (χ1) is 9.18. The lowest BCUT2D eigenvalue weighted by atomic mass is 9.88. The third kappa shape index (κ3) is 4.40. The minimum absolute atomic E-state index is 0.234. The molecule has 0 N–H and O–H groups in total. The molecule has 0 bridgehead atoms. The predicted molar refractivity (Wildman–Crippen MR) is 84.7 cm³/mol. The molecule has 0 unspecified atom stereocenters. The maximum Gasteiger partial charge on any atom is 0.272 e. The zero-order chi connectivity index (χ0) is 13.7. The monoisotopic (exact) mass is 284 g/mol. The summed E-state index contributed by atoms with van der Waals surface area (Å²) in [7, 11) is 0.234. The molecule has 0 aromatic rings. The molecule has 0 radical (unpaired) electrons. The zero-order valence-corrected chi connectivity index (χ0v) is 13.5. The summed E-state index contributed by atoms with van der Waals surface area (Å²) in [6.45, 7) is 0. The van der Waals surface area contributed by atoms with Crippen molar-refractivity contribution in [3.8, 4) is 0 Å². The fourth-order valence-corrected chi connectivity index (χ4v) is 4.39. The van der Waals surface area contributed by atoms with Crippen molar-refractivity contribution in [3.63, 3.8) is 0 Å². The lowest BCUT2D eigenvalue weighted by Crippen LogP contribution is -2.50. The lowest BCUT2D eigenvalue weighted by Gasteiger charge is -2.41. The Bertz CT molecular complexity index is 262. The van der Waals surface area contributed by atoms with Crippen LogP contribution in [0.4, 0.5) is 0 Å². The number of hydrogen-bond acceptors (Lipinski definition) is 1. The van der Waals surface area contributed by atoms with Gasteiger partial charge in [-0.1, -0.05) is 38.5 Å². The molecular weight excluding hydrogens is 254 g/mol. The summed E-state index contributed by atoms with van der Waals surface area (Å²) < 4.78 is 0. The smallest absolute Gasteiger partial charge is 0.272 e. The summed E-state index contributed by atoms with van der Waals surface area (Å²) in [6, 6.07) is 1.13. The summed E-state index contributed by atoms with van der Waals surface area (Å²) in [5.74, 6) is 1.22. The van der Waals surface area contributed by atoms with Gasteiger partial charge in [0, 0.05) is 12.1 Å². The summed E-state index contributed by atoms with van der Waals surface area (Å²) in [5.41, 5.74) is 0. The van der Waals surface area contributed by atoms with Gasteiger partial charge in [0.1, 0.15) is 0 Å². The fourth-order valence-electron chi connectivity index (χ4n) is 3.75. The van der Waals surface area contributed by atoms with Gasteiger partial charge < -0.3 is 4.90 Å². The first-order valence-electron chi connectivity index (χ1n) is 8.04. The Morgan fingerprint density at radius 1 is 0.895 bits per heavy atom. The van der Waals surface area contributed by atoms with E-state index in [2.05, 4.69) is 17.4 Å². The van der Waals surface area contributed by atoms with Gasteiger partial charge in [-0.3, -0.25) is 4.79 Å². The first kappa shape index (κ1) is 15.2. The summed E-state index contributed by atoms with van der Waals surface area (Å²) in [6.07, 6.45) is 17.4. The van der Waals surface area contributed by atoms with E-state index in [1.807, 2.05) is 0 Å². The molecule has 0 spiro atoms. The van der Waals surface area contributed by atoms with Gasteiger partial charge in [0.25, 0.3) is 5.91 Å².